The Morgan fingerprint density at radius 1 is 0.854 bits per heavy atom. The van der Waals surface area contributed by atoms with E-state index in [4.69, 9.17) is 14.2 Å². The molecule has 1 saturated heterocycles. The van der Waals surface area contributed by atoms with Gasteiger partial charge in [0.05, 0.1) is 31.5 Å². The van der Waals surface area contributed by atoms with Gasteiger partial charge in [0, 0.05) is 34.2 Å². The molecule has 10 nitrogen and oxygen atoms in total. The molecule has 4 aromatic carbocycles. The van der Waals surface area contributed by atoms with E-state index in [1.54, 1.807) is 42.5 Å². The van der Waals surface area contributed by atoms with Crippen molar-refractivity contribution in [3.8, 4) is 0 Å². The molecule has 4 aromatic rings. The third-order valence-corrected chi connectivity index (χ3v) is 9.32. The second kappa shape index (κ2) is 16.4. The number of thioether (sulfide) groups is 1. The van der Waals surface area contributed by atoms with E-state index in [9.17, 15) is 24.6 Å². The van der Waals surface area contributed by atoms with Crippen molar-refractivity contribution in [1.82, 2.24) is 5.32 Å². The van der Waals surface area contributed by atoms with Crippen molar-refractivity contribution in [2.75, 3.05) is 18.2 Å². The van der Waals surface area contributed by atoms with Crippen molar-refractivity contribution in [3.05, 3.63) is 131 Å². The first-order valence-corrected chi connectivity index (χ1v) is 16.5. The second-order valence-corrected chi connectivity index (χ2v) is 12.5. The summed E-state index contributed by atoms with van der Waals surface area (Å²) in [5, 5.41) is 24.7. The normalized spacial score (nSPS) is 19.6. The van der Waals surface area contributed by atoms with Gasteiger partial charge in [-0.3, -0.25) is 0 Å². The van der Waals surface area contributed by atoms with E-state index in [0.717, 1.165) is 22.3 Å². The molecule has 0 bridgehead atoms. The number of esters is 1. The maximum Gasteiger partial charge on any atom is 0.336 e. The summed E-state index contributed by atoms with van der Waals surface area (Å²) in [6.07, 6.45) is -1.12. The predicted molar refractivity (Wildman–Crippen MR) is 182 cm³/mol. The number of ether oxygens (including phenoxy) is 3. The van der Waals surface area contributed by atoms with Crippen molar-refractivity contribution < 1.29 is 38.8 Å². The third kappa shape index (κ3) is 8.81. The Hall–Kier alpha value is -4.68. The first-order chi connectivity index (χ1) is 23.2. The van der Waals surface area contributed by atoms with Gasteiger partial charge < -0.3 is 35.1 Å². The summed E-state index contributed by atoms with van der Waals surface area (Å²) < 4.78 is 17.9. The second-order valence-electron chi connectivity index (χ2n) is 11.4. The molecule has 1 aliphatic rings. The van der Waals surface area contributed by atoms with Crippen LogP contribution in [0.25, 0.3) is 0 Å². The number of anilines is 1. The topological polar surface area (TPSA) is 143 Å². The van der Waals surface area contributed by atoms with E-state index in [2.05, 4.69) is 10.6 Å². The smallest absolute Gasteiger partial charge is 0.336 e. The molecule has 0 saturated carbocycles. The molecule has 0 aliphatic carbocycles. The highest BCUT2D eigenvalue weighted by Crippen LogP contribution is 2.43. The number of carbonyl (C=O) groups is 3. The lowest BCUT2D eigenvalue weighted by Gasteiger charge is -2.41. The van der Waals surface area contributed by atoms with Crippen molar-refractivity contribution in [2.24, 2.45) is 5.92 Å². The summed E-state index contributed by atoms with van der Waals surface area (Å²) in [6.45, 7) is 1.98. The van der Waals surface area contributed by atoms with Gasteiger partial charge in [-0.2, -0.15) is 0 Å². The maximum atomic E-state index is 12.9. The summed E-state index contributed by atoms with van der Waals surface area (Å²) in [7, 11) is 1.28. The highest BCUT2D eigenvalue weighted by Gasteiger charge is 2.38. The van der Waals surface area contributed by atoms with Crippen LogP contribution in [-0.2, 0) is 32.0 Å². The van der Waals surface area contributed by atoms with Gasteiger partial charge in [-0.25, -0.2) is 14.4 Å². The minimum absolute atomic E-state index is 0.0654. The van der Waals surface area contributed by atoms with Gasteiger partial charge in [0.1, 0.15) is 6.04 Å². The zero-order chi connectivity index (χ0) is 34.0. The van der Waals surface area contributed by atoms with Crippen LogP contribution in [0.5, 0.6) is 0 Å². The quantitative estimate of drug-likeness (QED) is 0.0999. The molecule has 0 radical (unpaired) electrons. The van der Waals surface area contributed by atoms with Crippen LogP contribution in [0.15, 0.2) is 108 Å². The van der Waals surface area contributed by atoms with Crippen molar-refractivity contribution >= 4 is 35.4 Å². The zero-order valence-corrected chi connectivity index (χ0v) is 27.4. The average Bonchev–Trinajstić information content (AvgIpc) is 3.11. The third-order valence-electron chi connectivity index (χ3n) is 8.16. The van der Waals surface area contributed by atoms with Crippen LogP contribution < -0.4 is 10.6 Å². The van der Waals surface area contributed by atoms with Gasteiger partial charge in [-0.05, 0) is 41.0 Å². The molecule has 5 unspecified atom stereocenters. The van der Waals surface area contributed by atoms with Gasteiger partial charge in [0.2, 0.25) is 0 Å². The molecule has 1 aliphatic heterocycles. The summed E-state index contributed by atoms with van der Waals surface area (Å²) >= 11 is 1.42. The van der Waals surface area contributed by atoms with E-state index in [0.29, 0.717) is 16.3 Å². The number of aliphatic hydroxyl groups excluding tert-OH is 1. The van der Waals surface area contributed by atoms with E-state index in [1.807, 2.05) is 67.6 Å². The summed E-state index contributed by atoms with van der Waals surface area (Å²) in [4.78, 5) is 37.7. The number of carbonyl (C=O) groups excluding carboxylic acids is 2. The van der Waals surface area contributed by atoms with Crippen molar-refractivity contribution in [2.45, 2.75) is 49.4 Å². The number of hydrogen-bond donors (Lipinski definition) is 4. The lowest BCUT2D eigenvalue weighted by molar-refractivity contribution is -0.268. The number of rotatable bonds is 12. The Bertz CT molecular complexity index is 1680. The number of carboxylic acid groups (broad SMARTS) is 1. The van der Waals surface area contributed by atoms with E-state index >= 15 is 0 Å². The highest BCUT2D eigenvalue weighted by atomic mass is 32.2. The van der Waals surface area contributed by atoms with Gasteiger partial charge in [-0.15, -0.1) is 11.8 Å². The number of hydrogen-bond acceptors (Lipinski definition) is 8. The molecule has 2 amide bonds. The van der Waals surface area contributed by atoms with E-state index < -0.39 is 30.3 Å². The Balaban J connectivity index is 1.30. The van der Waals surface area contributed by atoms with Crippen molar-refractivity contribution in [1.29, 1.82) is 0 Å². The molecular formula is C37H38N2O8S. The van der Waals surface area contributed by atoms with Crippen LogP contribution in [0, 0.1) is 5.92 Å². The Labute approximate surface area is 283 Å². The monoisotopic (exact) mass is 670 g/mol. The van der Waals surface area contributed by atoms with Gasteiger partial charge >= 0.3 is 18.0 Å². The van der Waals surface area contributed by atoms with E-state index in [-0.39, 0.29) is 36.7 Å². The molecule has 0 spiro atoms. The minimum Gasteiger partial charge on any atom is -0.478 e. The highest BCUT2D eigenvalue weighted by molar-refractivity contribution is 7.99. The van der Waals surface area contributed by atoms with Crippen molar-refractivity contribution in [3.63, 3.8) is 0 Å². The number of amides is 2. The standard InChI is InChI=1S/C37H38N2O8S/c1-23-31(22-48-32-11-7-6-10-29(32)34(41)42)46-36(47-33(23)26-14-12-25(21-40)13-15-26)27-16-18-28(19-17-27)38-37(44)39-30(35(43)45-2)20-24-8-4-3-5-9-24/h3-19,23,30-31,33,36,40H,20-22H2,1-2H3,(H,41,42)(H2,38,39,44). The molecule has 250 valence electrons. The molecule has 5 rings (SSSR count). The fraction of sp³-hybridized carbons (Fsp3) is 0.270. The SMILES string of the molecule is COC(=O)C(Cc1ccccc1)NC(=O)Nc1ccc(C2OC(CSc3ccccc3C(=O)O)C(C)C(c3ccc(CO)cc3)O2)cc1. The average molecular weight is 671 g/mol. The number of urea groups is 1. The lowest BCUT2D eigenvalue weighted by Crippen LogP contribution is -2.45. The predicted octanol–water partition coefficient (Wildman–Crippen LogP) is 6.37. The number of aliphatic hydroxyl groups is 1. The van der Waals surface area contributed by atoms with Gasteiger partial charge in [-0.1, -0.05) is 85.8 Å². The molecule has 5 atom stereocenters. The summed E-state index contributed by atoms with van der Waals surface area (Å²) in [5.74, 6) is -1.14. The van der Waals surface area contributed by atoms with E-state index in [1.165, 1.54) is 18.9 Å². The zero-order valence-electron chi connectivity index (χ0n) is 26.6. The van der Waals surface area contributed by atoms with Crippen LogP contribution in [0.2, 0.25) is 0 Å². The molecule has 4 N–H and O–H groups in total. The number of nitrogens with one attached hydrogen (secondary N) is 2. The molecule has 1 heterocycles. The van der Waals surface area contributed by atoms with Gasteiger partial charge in [0.15, 0.2) is 6.29 Å². The molecular weight excluding hydrogens is 632 g/mol. The minimum atomic E-state index is -0.988. The maximum absolute atomic E-state index is 12.9. The molecule has 11 heteroatoms. The van der Waals surface area contributed by atoms with Crippen LogP contribution in [0.1, 0.15) is 51.9 Å². The Kier molecular flexibility index (Phi) is 11.9. The summed E-state index contributed by atoms with van der Waals surface area (Å²) in [5.41, 5.74) is 4.06. The number of aromatic carboxylic acids is 1. The first-order valence-electron chi connectivity index (χ1n) is 15.5. The fourth-order valence-electron chi connectivity index (χ4n) is 5.49. The largest absolute Gasteiger partial charge is 0.478 e. The Morgan fingerprint density at radius 3 is 2.19 bits per heavy atom. The van der Waals surface area contributed by atoms with Crippen LogP contribution in [0.3, 0.4) is 0 Å². The van der Waals surface area contributed by atoms with Crippen LogP contribution in [0.4, 0.5) is 10.5 Å². The molecule has 0 aromatic heterocycles. The summed E-state index contributed by atoms with van der Waals surface area (Å²) in [6, 6.07) is 29.4. The number of benzene rings is 4. The van der Waals surface area contributed by atoms with Gasteiger partial charge in [0.25, 0.3) is 0 Å². The van der Waals surface area contributed by atoms with Crippen LogP contribution >= 0.6 is 11.8 Å². The molecule has 1 fully saturated rings. The number of methoxy groups -OCH3 is 1. The Morgan fingerprint density at radius 2 is 1.52 bits per heavy atom. The number of carboxylic acids is 1. The first kappa shape index (κ1) is 34.6. The lowest BCUT2D eigenvalue weighted by atomic mass is 9.91. The fourth-order valence-corrected chi connectivity index (χ4v) is 6.70. The molecule has 48 heavy (non-hydrogen) atoms. The van der Waals surface area contributed by atoms with Crippen LogP contribution in [-0.4, -0.2) is 53.2 Å².